The van der Waals surface area contributed by atoms with Crippen LogP contribution in [0.1, 0.15) is 19.4 Å². The fourth-order valence-electron chi connectivity index (χ4n) is 2.93. The molecule has 0 saturated carbocycles. The lowest BCUT2D eigenvalue weighted by Crippen LogP contribution is -2.49. The van der Waals surface area contributed by atoms with Crippen molar-refractivity contribution in [1.82, 2.24) is 4.90 Å². The zero-order valence-electron chi connectivity index (χ0n) is 13.9. The Morgan fingerprint density at radius 2 is 1.92 bits per heavy atom. The van der Waals surface area contributed by atoms with Gasteiger partial charge in [-0.25, -0.2) is 4.79 Å². The minimum atomic E-state index is -0.521. The first-order valence-electron chi connectivity index (χ1n) is 8.05. The molecule has 1 amide bonds. The average molecular weight is 331 g/mol. The molecule has 0 bridgehead atoms. The third kappa shape index (κ3) is 3.76. The van der Waals surface area contributed by atoms with Gasteiger partial charge in [0.2, 0.25) is 0 Å². The molecule has 0 unspecified atom stereocenters. The first-order valence-corrected chi connectivity index (χ1v) is 8.05. The summed E-state index contributed by atoms with van der Waals surface area (Å²) in [5.41, 5.74) is 1.24. The van der Waals surface area contributed by atoms with Crippen LogP contribution < -0.4 is 4.74 Å². The number of ether oxygens (including phenoxy) is 3. The second-order valence-corrected chi connectivity index (χ2v) is 6.13. The summed E-state index contributed by atoms with van der Waals surface area (Å²) in [5.74, 6) is 0.0108. The number of nitrogens with zero attached hydrogens (tertiary/aromatic N) is 1. The van der Waals surface area contributed by atoms with Crippen LogP contribution in [0.2, 0.25) is 0 Å². The Morgan fingerprint density at radius 1 is 1.21 bits per heavy atom. The molecule has 6 heteroatoms. The van der Waals surface area contributed by atoms with Gasteiger partial charge in [-0.3, -0.25) is 4.79 Å². The van der Waals surface area contributed by atoms with Crippen molar-refractivity contribution < 1.29 is 23.8 Å². The third-order valence-corrected chi connectivity index (χ3v) is 3.99. The molecule has 2 aliphatic heterocycles. The van der Waals surface area contributed by atoms with E-state index in [4.69, 9.17) is 14.2 Å². The molecule has 1 aromatic rings. The molecule has 6 nitrogen and oxygen atoms in total. The molecule has 2 atom stereocenters. The summed E-state index contributed by atoms with van der Waals surface area (Å²) in [4.78, 5) is 26.0. The minimum Gasteiger partial charge on any atom is -0.488 e. The largest absolute Gasteiger partial charge is 0.488 e. The van der Waals surface area contributed by atoms with Crippen LogP contribution in [-0.4, -0.2) is 55.3 Å². The van der Waals surface area contributed by atoms with Gasteiger partial charge >= 0.3 is 5.97 Å². The standard InChI is InChI=1S/C18H21NO5/c1-12-8-19(9-13(2)24-12)17(20)11-23-18(21)15-7-14-5-3-4-6-16(14)22-10-15/h3-7,12-13H,8-11H2,1-2H3/t12-,13-/m1/s1. The normalized spacial score (nSPS) is 22.9. The number of esters is 1. The van der Waals surface area contributed by atoms with E-state index in [0.717, 1.165) is 11.3 Å². The van der Waals surface area contributed by atoms with Crippen molar-refractivity contribution in [2.75, 3.05) is 26.3 Å². The smallest absolute Gasteiger partial charge is 0.338 e. The quantitative estimate of drug-likeness (QED) is 0.788. The number of amides is 1. The molecular formula is C18H21NO5. The number of hydrogen-bond acceptors (Lipinski definition) is 5. The van der Waals surface area contributed by atoms with Crippen LogP contribution in [0.5, 0.6) is 5.75 Å². The maximum absolute atomic E-state index is 12.2. The molecule has 3 rings (SSSR count). The molecule has 24 heavy (non-hydrogen) atoms. The lowest BCUT2D eigenvalue weighted by atomic mass is 10.1. The topological polar surface area (TPSA) is 65.1 Å². The van der Waals surface area contributed by atoms with Crippen LogP contribution in [0.3, 0.4) is 0 Å². The summed E-state index contributed by atoms with van der Waals surface area (Å²) in [6.45, 7) is 4.75. The lowest BCUT2D eigenvalue weighted by molar-refractivity contribution is -0.155. The number of morpholine rings is 1. The summed E-state index contributed by atoms with van der Waals surface area (Å²) in [7, 11) is 0. The summed E-state index contributed by atoms with van der Waals surface area (Å²) in [6.07, 6.45) is 1.71. The van der Waals surface area contributed by atoms with Crippen molar-refractivity contribution in [2.24, 2.45) is 0 Å². The van der Waals surface area contributed by atoms with Gasteiger partial charge in [0.15, 0.2) is 6.61 Å². The number of hydrogen-bond donors (Lipinski definition) is 0. The number of para-hydroxylation sites is 1. The third-order valence-electron chi connectivity index (χ3n) is 3.99. The second kappa shape index (κ2) is 7.05. The van der Waals surface area contributed by atoms with Crippen molar-refractivity contribution in [3.05, 3.63) is 35.4 Å². The average Bonchev–Trinajstić information content (AvgIpc) is 2.58. The van der Waals surface area contributed by atoms with Crippen LogP contribution in [0.25, 0.3) is 6.08 Å². The molecule has 1 aromatic carbocycles. The Morgan fingerprint density at radius 3 is 2.67 bits per heavy atom. The highest BCUT2D eigenvalue weighted by molar-refractivity contribution is 5.96. The molecule has 1 saturated heterocycles. The van der Waals surface area contributed by atoms with E-state index in [0.29, 0.717) is 18.7 Å². The SMILES string of the molecule is C[C@@H]1CN(C(=O)COC(=O)C2=Cc3ccccc3OC2)C[C@@H](C)O1. The first kappa shape index (κ1) is 16.5. The van der Waals surface area contributed by atoms with E-state index in [2.05, 4.69) is 0 Å². The van der Waals surface area contributed by atoms with E-state index in [9.17, 15) is 9.59 Å². The molecule has 2 heterocycles. The number of rotatable bonds is 3. The lowest BCUT2D eigenvalue weighted by Gasteiger charge is -2.35. The number of carbonyl (C=O) groups is 2. The van der Waals surface area contributed by atoms with E-state index in [1.54, 1.807) is 11.0 Å². The maximum atomic E-state index is 12.2. The monoisotopic (exact) mass is 331 g/mol. The van der Waals surface area contributed by atoms with E-state index < -0.39 is 5.97 Å². The highest BCUT2D eigenvalue weighted by Crippen LogP contribution is 2.26. The second-order valence-electron chi connectivity index (χ2n) is 6.13. The van der Waals surface area contributed by atoms with E-state index in [1.807, 2.05) is 38.1 Å². The van der Waals surface area contributed by atoms with Crippen LogP contribution >= 0.6 is 0 Å². The molecule has 2 aliphatic rings. The van der Waals surface area contributed by atoms with Gasteiger partial charge in [0.1, 0.15) is 12.4 Å². The summed E-state index contributed by atoms with van der Waals surface area (Å²) >= 11 is 0. The Labute approximate surface area is 141 Å². The fourth-order valence-corrected chi connectivity index (χ4v) is 2.93. The predicted octanol–water partition coefficient (Wildman–Crippen LogP) is 1.64. The van der Waals surface area contributed by atoms with Crippen molar-refractivity contribution in [2.45, 2.75) is 26.1 Å². The van der Waals surface area contributed by atoms with Crippen molar-refractivity contribution in [3.8, 4) is 5.75 Å². The minimum absolute atomic E-state index is 0.0145. The summed E-state index contributed by atoms with van der Waals surface area (Å²) in [6, 6.07) is 7.46. The fraction of sp³-hybridized carbons (Fsp3) is 0.444. The van der Waals surface area contributed by atoms with Crippen LogP contribution in [-0.2, 0) is 19.1 Å². The van der Waals surface area contributed by atoms with Gasteiger partial charge in [-0.1, -0.05) is 18.2 Å². The molecule has 0 radical (unpaired) electrons. The van der Waals surface area contributed by atoms with E-state index in [-0.39, 0.29) is 31.3 Å². The zero-order chi connectivity index (χ0) is 17.1. The summed E-state index contributed by atoms with van der Waals surface area (Å²) < 4.78 is 16.3. The number of carbonyl (C=O) groups excluding carboxylic acids is 2. The predicted molar refractivity (Wildman–Crippen MR) is 87.5 cm³/mol. The Bertz CT molecular complexity index is 659. The first-order chi connectivity index (χ1) is 11.5. The molecule has 0 N–H and O–H groups in total. The molecule has 0 aromatic heterocycles. The maximum Gasteiger partial charge on any atom is 0.338 e. The Kier molecular flexibility index (Phi) is 4.85. The van der Waals surface area contributed by atoms with Gasteiger partial charge in [0.05, 0.1) is 17.8 Å². The van der Waals surface area contributed by atoms with Gasteiger partial charge in [-0.05, 0) is 26.0 Å². The van der Waals surface area contributed by atoms with Crippen LogP contribution in [0.4, 0.5) is 0 Å². The van der Waals surface area contributed by atoms with Crippen molar-refractivity contribution in [1.29, 1.82) is 0 Å². The van der Waals surface area contributed by atoms with Crippen LogP contribution in [0, 0.1) is 0 Å². The Hall–Kier alpha value is -2.34. The van der Waals surface area contributed by atoms with E-state index in [1.165, 1.54) is 0 Å². The number of benzene rings is 1. The number of fused-ring (bicyclic) bond motifs is 1. The highest BCUT2D eigenvalue weighted by Gasteiger charge is 2.27. The van der Waals surface area contributed by atoms with E-state index >= 15 is 0 Å². The molecular weight excluding hydrogens is 310 g/mol. The van der Waals surface area contributed by atoms with Crippen LogP contribution in [0.15, 0.2) is 29.8 Å². The highest BCUT2D eigenvalue weighted by atomic mass is 16.5. The molecule has 128 valence electrons. The van der Waals surface area contributed by atoms with Gasteiger partial charge < -0.3 is 19.1 Å². The zero-order valence-corrected chi connectivity index (χ0v) is 13.9. The van der Waals surface area contributed by atoms with Crippen molar-refractivity contribution >= 4 is 18.0 Å². The Balaban J connectivity index is 1.56. The van der Waals surface area contributed by atoms with Gasteiger partial charge in [0, 0.05) is 18.7 Å². The van der Waals surface area contributed by atoms with Crippen molar-refractivity contribution in [3.63, 3.8) is 0 Å². The molecule has 0 spiro atoms. The summed E-state index contributed by atoms with van der Waals surface area (Å²) in [5, 5.41) is 0. The molecule has 1 fully saturated rings. The van der Waals surface area contributed by atoms with Gasteiger partial charge in [-0.2, -0.15) is 0 Å². The van der Waals surface area contributed by atoms with Gasteiger partial charge in [-0.15, -0.1) is 0 Å². The van der Waals surface area contributed by atoms with Gasteiger partial charge in [0.25, 0.3) is 5.91 Å². The molecule has 0 aliphatic carbocycles.